The molecule has 0 aliphatic heterocycles. The van der Waals surface area contributed by atoms with Crippen LogP contribution in [0.3, 0.4) is 0 Å². The second-order valence-electron chi connectivity index (χ2n) is 3.00. The van der Waals surface area contributed by atoms with E-state index in [0.29, 0.717) is 0 Å². The maximum absolute atomic E-state index is 11.7. The van der Waals surface area contributed by atoms with E-state index >= 15 is 0 Å². The lowest BCUT2D eigenvalue weighted by molar-refractivity contribution is -0.185. The quantitative estimate of drug-likeness (QED) is 0.714. The lowest BCUT2D eigenvalue weighted by atomic mass is 10.3. The van der Waals surface area contributed by atoms with Crippen LogP contribution in [0.1, 0.15) is 13.3 Å². The third-order valence-electron chi connectivity index (χ3n) is 1.50. The first-order chi connectivity index (χ1) is 7.22. The molecule has 0 aromatic carbocycles. The molecule has 0 saturated carbocycles. The maximum atomic E-state index is 11.7. The zero-order chi connectivity index (χ0) is 12.8. The molecule has 2 N–H and O–H groups in total. The van der Waals surface area contributed by atoms with Crippen LogP contribution >= 0.6 is 0 Å². The highest BCUT2D eigenvalue weighted by Crippen LogP contribution is 2.15. The highest BCUT2D eigenvalue weighted by molar-refractivity contribution is 5.80. The summed E-state index contributed by atoms with van der Waals surface area (Å²) in [4.78, 5) is 21.1. The smallest absolute Gasteiger partial charge is 0.411 e. The molecule has 0 aliphatic carbocycles. The molecule has 0 heterocycles. The standard InChI is InChI=1S/C8H12F3NO4/c1-5(16-4-8(9,10)11)7(15)12-3-2-6(13)14/h5H,2-4H2,1H3,(H,12,15)(H,13,14). The minimum absolute atomic E-state index is 0.145. The largest absolute Gasteiger partial charge is 0.481 e. The molecule has 0 bridgehead atoms. The van der Waals surface area contributed by atoms with Gasteiger partial charge in [-0.05, 0) is 6.92 Å². The average Bonchev–Trinajstić information content (AvgIpc) is 2.12. The normalized spacial score (nSPS) is 13.2. The predicted molar refractivity (Wildman–Crippen MR) is 46.7 cm³/mol. The number of alkyl halides is 3. The van der Waals surface area contributed by atoms with Crippen molar-refractivity contribution in [3.05, 3.63) is 0 Å². The first-order valence-corrected chi connectivity index (χ1v) is 4.40. The van der Waals surface area contributed by atoms with Crippen LogP contribution in [0, 0.1) is 0 Å². The highest BCUT2D eigenvalue weighted by atomic mass is 19.4. The average molecular weight is 243 g/mol. The van der Waals surface area contributed by atoms with Gasteiger partial charge in [-0.3, -0.25) is 9.59 Å². The van der Waals surface area contributed by atoms with Crippen LogP contribution < -0.4 is 5.32 Å². The molecule has 0 rings (SSSR count). The molecule has 5 nitrogen and oxygen atoms in total. The van der Waals surface area contributed by atoms with E-state index in [1.807, 2.05) is 0 Å². The van der Waals surface area contributed by atoms with E-state index in [1.165, 1.54) is 0 Å². The molecule has 0 aromatic rings. The third-order valence-corrected chi connectivity index (χ3v) is 1.50. The molecule has 0 aliphatic rings. The summed E-state index contributed by atoms with van der Waals surface area (Å²) < 4.78 is 39.3. The second-order valence-corrected chi connectivity index (χ2v) is 3.00. The lowest BCUT2D eigenvalue weighted by Gasteiger charge is -2.14. The van der Waals surface area contributed by atoms with Gasteiger partial charge < -0.3 is 15.2 Å². The molecule has 94 valence electrons. The van der Waals surface area contributed by atoms with Gasteiger partial charge in [0.1, 0.15) is 12.7 Å². The summed E-state index contributed by atoms with van der Waals surface area (Å²) in [5.74, 6) is -1.88. The molecular formula is C8H12F3NO4. The first-order valence-electron chi connectivity index (χ1n) is 4.40. The number of halogens is 3. The number of carbonyl (C=O) groups is 2. The van der Waals surface area contributed by atoms with E-state index in [0.717, 1.165) is 6.92 Å². The fourth-order valence-corrected chi connectivity index (χ4v) is 0.732. The van der Waals surface area contributed by atoms with Crippen LogP contribution in [0.2, 0.25) is 0 Å². The third kappa shape index (κ3) is 8.04. The van der Waals surface area contributed by atoms with Crippen LogP contribution in [0.25, 0.3) is 0 Å². The summed E-state index contributed by atoms with van der Waals surface area (Å²) in [6, 6.07) is 0. The highest BCUT2D eigenvalue weighted by Gasteiger charge is 2.29. The summed E-state index contributed by atoms with van der Waals surface area (Å²) in [6.07, 6.45) is -6.05. The number of amides is 1. The molecule has 16 heavy (non-hydrogen) atoms. The van der Waals surface area contributed by atoms with Gasteiger partial charge in [-0.25, -0.2) is 0 Å². The van der Waals surface area contributed by atoms with Gasteiger partial charge in [0.15, 0.2) is 0 Å². The zero-order valence-electron chi connectivity index (χ0n) is 8.50. The number of hydrogen-bond acceptors (Lipinski definition) is 3. The van der Waals surface area contributed by atoms with Crippen molar-refractivity contribution in [1.29, 1.82) is 0 Å². The van der Waals surface area contributed by atoms with Crippen LogP contribution in [0.4, 0.5) is 13.2 Å². The van der Waals surface area contributed by atoms with Crippen LogP contribution in [0.15, 0.2) is 0 Å². The lowest BCUT2D eigenvalue weighted by Crippen LogP contribution is -2.37. The van der Waals surface area contributed by atoms with E-state index in [-0.39, 0.29) is 13.0 Å². The second kappa shape index (κ2) is 6.31. The number of aliphatic carboxylic acids is 1. The minimum Gasteiger partial charge on any atom is -0.481 e. The number of nitrogens with one attached hydrogen (secondary N) is 1. The zero-order valence-corrected chi connectivity index (χ0v) is 8.50. The number of ether oxygens (including phenoxy) is 1. The van der Waals surface area contributed by atoms with Crippen molar-refractivity contribution in [1.82, 2.24) is 5.32 Å². The van der Waals surface area contributed by atoms with Crippen LogP contribution in [-0.2, 0) is 14.3 Å². The molecule has 0 saturated heterocycles. The van der Waals surface area contributed by atoms with E-state index in [4.69, 9.17) is 5.11 Å². The molecule has 8 heteroatoms. The number of carboxylic acids is 1. The van der Waals surface area contributed by atoms with Crippen molar-refractivity contribution in [3.8, 4) is 0 Å². The predicted octanol–water partition coefficient (Wildman–Crippen LogP) is 0.545. The van der Waals surface area contributed by atoms with Crippen molar-refractivity contribution < 1.29 is 32.6 Å². The Morgan fingerprint density at radius 1 is 1.44 bits per heavy atom. The fraction of sp³-hybridized carbons (Fsp3) is 0.750. The Morgan fingerprint density at radius 3 is 2.44 bits per heavy atom. The Hall–Kier alpha value is -1.31. The summed E-state index contributed by atoms with van der Waals surface area (Å²) in [7, 11) is 0. The molecular weight excluding hydrogens is 231 g/mol. The number of carbonyl (C=O) groups excluding carboxylic acids is 1. The van der Waals surface area contributed by atoms with Crippen molar-refractivity contribution in [2.45, 2.75) is 25.6 Å². The number of carboxylic acid groups (broad SMARTS) is 1. The number of rotatable bonds is 6. The summed E-state index contributed by atoms with van der Waals surface area (Å²) in [5, 5.41) is 10.4. The minimum atomic E-state index is -4.49. The first kappa shape index (κ1) is 14.7. The molecule has 0 spiro atoms. The van der Waals surface area contributed by atoms with E-state index < -0.39 is 30.8 Å². The van der Waals surface area contributed by atoms with Gasteiger partial charge in [-0.2, -0.15) is 13.2 Å². The van der Waals surface area contributed by atoms with Gasteiger partial charge in [0, 0.05) is 6.54 Å². The van der Waals surface area contributed by atoms with E-state index in [2.05, 4.69) is 10.1 Å². The summed E-state index contributed by atoms with van der Waals surface area (Å²) in [6.45, 7) is -0.504. The molecule has 1 atom stereocenters. The Bertz CT molecular complexity index is 254. The molecule has 1 amide bonds. The Morgan fingerprint density at radius 2 is 2.00 bits per heavy atom. The topological polar surface area (TPSA) is 75.6 Å². The van der Waals surface area contributed by atoms with Crippen molar-refractivity contribution >= 4 is 11.9 Å². The molecule has 0 aromatic heterocycles. The van der Waals surface area contributed by atoms with E-state index in [9.17, 15) is 22.8 Å². The molecule has 1 unspecified atom stereocenters. The Labute approximate surface area is 89.6 Å². The summed E-state index contributed by atoms with van der Waals surface area (Å²) in [5.41, 5.74) is 0. The van der Waals surface area contributed by atoms with Gasteiger partial charge in [-0.1, -0.05) is 0 Å². The maximum Gasteiger partial charge on any atom is 0.411 e. The van der Waals surface area contributed by atoms with Crippen molar-refractivity contribution in [3.63, 3.8) is 0 Å². The summed E-state index contributed by atoms with van der Waals surface area (Å²) >= 11 is 0. The van der Waals surface area contributed by atoms with Gasteiger partial charge in [-0.15, -0.1) is 0 Å². The van der Waals surface area contributed by atoms with Crippen LogP contribution in [0.5, 0.6) is 0 Å². The Balaban J connectivity index is 3.78. The van der Waals surface area contributed by atoms with Crippen LogP contribution in [-0.4, -0.2) is 42.4 Å². The van der Waals surface area contributed by atoms with Gasteiger partial charge in [0.05, 0.1) is 6.42 Å². The van der Waals surface area contributed by atoms with Crippen molar-refractivity contribution in [2.75, 3.05) is 13.2 Å². The van der Waals surface area contributed by atoms with Gasteiger partial charge >= 0.3 is 12.1 Å². The monoisotopic (exact) mass is 243 g/mol. The number of hydrogen-bond donors (Lipinski definition) is 2. The van der Waals surface area contributed by atoms with E-state index in [1.54, 1.807) is 0 Å². The fourth-order valence-electron chi connectivity index (χ4n) is 0.732. The van der Waals surface area contributed by atoms with Gasteiger partial charge in [0.25, 0.3) is 0 Å². The Kier molecular flexibility index (Phi) is 5.79. The molecule has 0 fully saturated rings. The molecule has 0 radical (unpaired) electrons. The van der Waals surface area contributed by atoms with Crippen molar-refractivity contribution in [2.24, 2.45) is 0 Å². The SMILES string of the molecule is CC(OCC(F)(F)F)C(=O)NCCC(=O)O. The van der Waals surface area contributed by atoms with Gasteiger partial charge in [0.2, 0.25) is 5.91 Å².